The molecule has 2 aromatic carbocycles. The van der Waals surface area contributed by atoms with Crippen molar-refractivity contribution in [1.29, 1.82) is 0 Å². The number of carbonyl (C=O) groups excluding carboxylic acids is 1. The van der Waals surface area contributed by atoms with Crippen molar-refractivity contribution >= 4 is 5.91 Å². The monoisotopic (exact) mass is 677 g/mol. The summed E-state index contributed by atoms with van der Waals surface area (Å²) in [6.45, 7) is 9.06. The van der Waals surface area contributed by atoms with Crippen LogP contribution < -0.4 is 5.32 Å². The summed E-state index contributed by atoms with van der Waals surface area (Å²) in [4.78, 5) is 13.4. The minimum absolute atomic E-state index is 0.0459. The summed E-state index contributed by atoms with van der Waals surface area (Å²) in [6, 6.07) is 9.33. The highest BCUT2D eigenvalue weighted by Gasteiger charge is 2.43. The van der Waals surface area contributed by atoms with E-state index in [1.165, 1.54) is 0 Å². The summed E-state index contributed by atoms with van der Waals surface area (Å²) < 4.78 is 143. The Kier molecular flexibility index (Phi) is 13.7. The number of ether oxygens (including phenoxy) is 2. The van der Waals surface area contributed by atoms with Gasteiger partial charge in [-0.1, -0.05) is 62.6 Å². The van der Waals surface area contributed by atoms with Gasteiger partial charge in [0, 0.05) is 18.1 Å². The molecule has 0 heterocycles. The SMILES string of the molecule is C=C(OCCC)C(F)=CC=C[C@@](Cc1ccccc1)(NC(=O)c1ccc(F)c(C(F)(F)F)c1)C(=C)C=C(F)C=COC(F)(F)C(F)F. The molecular weight excluding hydrogens is 648 g/mol. The fraction of sp³-hybridized carbons (Fsp3) is 0.242. The number of allylic oxidation sites excluding steroid dienone is 5. The van der Waals surface area contributed by atoms with E-state index in [-0.39, 0.29) is 42.8 Å². The molecule has 0 aliphatic rings. The van der Waals surface area contributed by atoms with Crippen LogP contribution in [-0.4, -0.2) is 30.6 Å². The highest BCUT2D eigenvalue weighted by Crippen LogP contribution is 2.33. The summed E-state index contributed by atoms with van der Waals surface area (Å²) in [5.41, 5.74) is -4.39. The highest BCUT2D eigenvalue weighted by atomic mass is 19.4. The number of nitrogens with one attached hydrogen (secondary N) is 1. The average molecular weight is 678 g/mol. The normalized spacial score (nSPS) is 14.4. The molecule has 0 spiro atoms. The number of hydrogen-bond donors (Lipinski definition) is 1. The number of rotatable bonds is 16. The van der Waals surface area contributed by atoms with Gasteiger partial charge in [0.15, 0.2) is 5.83 Å². The smallest absolute Gasteiger partial charge is 0.460 e. The van der Waals surface area contributed by atoms with Gasteiger partial charge in [-0.3, -0.25) is 4.79 Å². The highest BCUT2D eigenvalue weighted by molar-refractivity contribution is 5.95. The van der Waals surface area contributed by atoms with Crippen molar-refractivity contribution in [3.8, 4) is 0 Å². The number of halogens is 10. The van der Waals surface area contributed by atoms with E-state index in [2.05, 4.69) is 23.2 Å². The van der Waals surface area contributed by atoms with Crippen LogP contribution in [0.1, 0.15) is 34.8 Å². The van der Waals surface area contributed by atoms with Gasteiger partial charge >= 0.3 is 18.7 Å². The Morgan fingerprint density at radius 3 is 2.28 bits per heavy atom. The van der Waals surface area contributed by atoms with Gasteiger partial charge in [-0.05, 0) is 47.9 Å². The molecule has 0 aromatic heterocycles. The first-order valence-corrected chi connectivity index (χ1v) is 13.6. The van der Waals surface area contributed by atoms with E-state index in [0.29, 0.717) is 24.1 Å². The van der Waals surface area contributed by atoms with E-state index in [9.17, 15) is 48.7 Å². The zero-order valence-corrected chi connectivity index (χ0v) is 24.7. The molecule has 254 valence electrons. The first-order valence-electron chi connectivity index (χ1n) is 13.6. The van der Waals surface area contributed by atoms with Crippen LogP contribution in [0.3, 0.4) is 0 Å². The van der Waals surface area contributed by atoms with Crippen LogP contribution in [0.4, 0.5) is 43.9 Å². The molecule has 0 saturated carbocycles. The molecule has 0 radical (unpaired) electrons. The van der Waals surface area contributed by atoms with Crippen molar-refractivity contribution in [2.24, 2.45) is 0 Å². The van der Waals surface area contributed by atoms with E-state index in [1.54, 1.807) is 37.3 Å². The zero-order chi connectivity index (χ0) is 35.4. The van der Waals surface area contributed by atoms with Crippen LogP contribution in [0.15, 0.2) is 121 Å². The standard InChI is InChI=1S/C33H29F10NO3/c1-4-16-46-22(3)27(35)11-8-15-31(20-23-9-6-5-7-10-23,21(2)18-25(34)14-17-47-33(42,43)30(37)38)44-29(45)24-12-13-28(36)26(19-24)32(39,40)41/h5-15,17-19,30H,2-4,16,20H2,1H3,(H,44,45)/t31-/m0/s1. The van der Waals surface area contributed by atoms with Gasteiger partial charge < -0.3 is 14.8 Å². The molecule has 0 bridgehead atoms. The van der Waals surface area contributed by atoms with Crippen molar-refractivity contribution in [3.05, 3.63) is 144 Å². The van der Waals surface area contributed by atoms with E-state index < -0.39 is 58.8 Å². The fourth-order valence-corrected chi connectivity index (χ4v) is 3.79. The van der Waals surface area contributed by atoms with Crippen LogP contribution in [0, 0.1) is 5.82 Å². The third-order valence-electron chi connectivity index (χ3n) is 6.16. The number of carbonyl (C=O) groups is 1. The van der Waals surface area contributed by atoms with Crippen molar-refractivity contribution in [3.63, 3.8) is 0 Å². The van der Waals surface area contributed by atoms with Crippen LogP contribution in [0.2, 0.25) is 0 Å². The molecule has 2 rings (SSSR count). The van der Waals surface area contributed by atoms with Crippen LogP contribution in [0.5, 0.6) is 0 Å². The maximum absolute atomic E-state index is 14.9. The average Bonchev–Trinajstić information content (AvgIpc) is 2.99. The van der Waals surface area contributed by atoms with Crippen molar-refractivity contribution < 1.29 is 58.2 Å². The van der Waals surface area contributed by atoms with Gasteiger partial charge in [-0.2, -0.15) is 30.7 Å². The third-order valence-corrected chi connectivity index (χ3v) is 6.16. The van der Waals surface area contributed by atoms with Gasteiger partial charge in [-0.15, -0.1) is 0 Å². The van der Waals surface area contributed by atoms with Crippen molar-refractivity contribution in [2.45, 2.75) is 44.0 Å². The maximum atomic E-state index is 14.9. The largest absolute Gasteiger partial charge is 0.491 e. The Morgan fingerprint density at radius 1 is 1.02 bits per heavy atom. The molecular formula is C33H29F10NO3. The maximum Gasteiger partial charge on any atom is 0.460 e. The number of alkyl halides is 7. The predicted molar refractivity (Wildman–Crippen MR) is 155 cm³/mol. The summed E-state index contributed by atoms with van der Waals surface area (Å²) in [5, 5.41) is 2.42. The molecule has 1 atom stereocenters. The molecule has 0 aliphatic heterocycles. The topological polar surface area (TPSA) is 47.6 Å². The molecule has 0 aliphatic carbocycles. The Bertz CT molecular complexity index is 1530. The summed E-state index contributed by atoms with van der Waals surface area (Å²) in [5.74, 6) is -5.60. The van der Waals surface area contributed by atoms with Crippen molar-refractivity contribution in [1.82, 2.24) is 5.32 Å². The van der Waals surface area contributed by atoms with Gasteiger partial charge in [0.05, 0.1) is 24.0 Å². The van der Waals surface area contributed by atoms with Crippen LogP contribution >= 0.6 is 0 Å². The van der Waals surface area contributed by atoms with Gasteiger partial charge in [0.1, 0.15) is 17.4 Å². The second kappa shape index (κ2) is 16.7. The molecule has 47 heavy (non-hydrogen) atoms. The molecule has 0 unspecified atom stereocenters. The molecule has 4 nitrogen and oxygen atoms in total. The van der Waals surface area contributed by atoms with Crippen molar-refractivity contribution in [2.75, 3.05) is 6.61 Å². The quantitative estimate of drug-likeness (QED) is 0.109. The third kappa shape index (κ3) is 11.5. The molecule has 0 fully saturated rings. The number of amides is 1. The minimum atomic E-state index is -5.17. The fourth-order valence-electron chi connectivity index (χ4n) is 3.79. The summed E-state index contributed by atoms with van der Waals surface area (Å²) in [6.07, 6.45) is -10.3. The second-order valence-corrected chi connectivity index (χ2v) is 9.76. The van der Waals surface area contributed by atoms with Gasteiger partial charge in [0.25, 0.3) is 5.91 Å². The number of benzene rings is 2. The first-order chi connectivity index (χ1) is 21.9. The lowest BCUT2D eigenvalue weighted by molar-refractivity contribution is -0.274. The molecule has 0 saturated heterocycles. The molecule has 1 amide bonds. The predicted octanol–water partition coefficient (Wildman–Crippen LogP) is 9.70. The Hall–Kier alpha value is -4.75. The second-order valence-electron chi connectivity index (χ2n) is 9.76. The lowest BCUT2D eigenvalue weighted by Gasteiger charge is -2.33. The Morgan fingerprint density at radius 2 is 1.68 bits per heavy atom. The molecule has 1 N–H and O–H groups in total. The zero-order valence-electron chi connectivity index (χ0n) is 24.7. The van der Waals surface area contributed by atoms with E-state index >= 15 is 0 Å². The summed E-state index contributed by atoms with van der Waals surface area (Å²) in [7, 11) is 0. The minimum Gasteiger partial charge on any atom is -0.491 e. The van der Waals surface area contributed by atoms with Crippen LogP contribution in [-0.2, 0) is 22.1 Å². The first kappa shape index (κ1) is 38.4. The Balaban J connectivity index is 2.68. The van der Waals surface area contributed by atoms with Gasteiger partial charge in [0.2, 0.25) is 0 Å². The van der Waals surface area contributed by atoms with Gasteiger partial charge in [-0.25, -0.2) is 13.2 Å². The summed E-state index contributed by atoms with van der Waals surface area (Å²) >= 11 is 0. The molecule has 14 heteroatoms. The van der Waals surface area contributed by atoms with E-state index in [1.807, 2.05) is 0 Å². The lowest BCUT2D eigenvalue weighted by Crippen LogP contribution is -2.50. The van der Waals surface area contributed by atoms with E-state index in [4.69, 9.17) is 4.74 Å². The van der Waals surface area contributed by atoms with Crippen LogP contribution in [0.25, 0.3) is 0 Å². The lowest BCUT2D eigenvalue weighted by atomic mass is 9.82. The number of hydrogen-bond acceptors (Lipinski definition) is 3. The molecule has 2 aromatic rings. The Labute approximate surface area is 264 Å². The van der Waals surface area contributed by atoms with E-state index in [0.717, 1.165) is 24.3 Å².